The number of alkyl carbamates (subject to hydrolysis) is 1. The van der Waals surface area contributed by atoms with Gasteiger partial charge < -0.3 is 25.2 Å². The van der Waals surface area contributed by atoms with Crippen LogP contribution in [0.3, 0.4) is 0 Å². The van der Waals surface area contributed by atoms with Crippen LogP contribution in [0.5, 0.6) is 5.75 Å². The van der Waals surface area contributed by atoms with Gasteiger partial charge in [0.2, 0.25) is 5.91 Å². The predicted molar refractivity (Wildman–Crippen MR) is 149 cm³/mol. The molecule has 2 aromatic carbocycles. The van der Waals surface area contributed by atoms with E-state index in [9.17, 15) is 24.3 Å². The fraction of sp³-hybridized carbons (Fsp3) is 0.400. The SMILES string of the molecule is C#CN(C(=O)C(Cc1ccccc1)NC(=O)OC(C)(C)C)C(C(=O)NCCC(=O)OCC)c1cccc(C)c1O. The van der Waals surface area contributed by atoms with Gasteiger partial charge in [0.25, 0.3) is 5.91 Å². The van der Waals surface area contributed by atoms with E-state index in [1.807, 2.05) is 6.07 Å². The number of phenols is 1. The van der Waals surface area contributed by atoms with Crippen molar-refractivity contribution in [3.8, 4) is 18.2 Å². The number of aromatic hydroxyl groups is 1. The van der Waals surface area contributed by atoms with Gasteiger partial charge in [0.1, 0.15) is 17.4 Å². The van der Waals surface area contributed by atoms with Crippen molar-refractivity contribution < 1.29 is 33.8 Å². The van der Waals surface area contributed by atoms with E-state index in [1.165, 1.54) is 6.07 Å². The van der Waals surface area contributed by atoms with E-state index in [0.717, 1.165) is 10.5 Å². The number of phenolic OH excluding ortho intramolecular Hbond substituents is 1. The Bertz CT molecular complexity index is 1230. The van der Waals surface area contributed by atoms with Gasteiger partial charge in [0, 0.05) is 24.6 Å². The average molecular weight is 552 g/mol. The van der Waals surface area contributed by atoms with Gasteiger partial charge in [-0.3, -0.25) is 19.3 Å². The van der Waals surface area contributed by atoms with Gasteiger partial charge in [0.15, 0.2) is 6.04 Å². The fourth-order valence-corrected chi connectivity index (χ4v) is 3.85. The summed E-state index contributed by atoms with van der Waals surface area (Å²) < 4.78 is 10.2. The van der Waals surface area contributed by atoms with Crippen molar-refractivity contribution in [2.45, 2.75) is 65.1 Å². The molecular weight excluding hydrogens is 514 g/mol. The number of para-hydroxylation sites is 1. The van der Waals surface area contributed by atoms with Crippen LogP contribution in [0.2, 0.25) is 0 Å². The first kappa shape index (κ1) is 31.7. The van der Waals surface area contributed by atoms with Gasteiger partial charge in [0.05, 0.1) is 13.0 Å². The van der Waals surface area contributed by atoms with Crippen LogP contribution in [0.4, 0.5) is 4.79 Å². The molecule has 2 aromatic rings. The van der Waals surface area contributed by atoms with Crippen molar-refractivity contribution in [3.63, 3.8) is 0 Å². The zero-order valence-corrected chi connectivity index (χ0v) is 23.5. The summed E-state index contributed by atoms with van der Waals surface area (Å²) in [4.78, 5) is 52.7. The Balaban J connectivity index is 2.47. The largest absolute Gasteiger partial charge is 0.507 e. The van der Waals surface area contributed by atoms with Crippen molar-refractivity contribution >= 4 is 23.9 Å². The Morgan fingerprint density at radius 2 is 1.75 bits per heavy atom. The maximum Gasteiger partial charge on any atom is 0.408 e. The third-order valence-electron chi connectivity index (χ3n) is 5.65. The van der Waals surface area contributed by atoms with E-state index in [4.69, 9.17) is 15.9 Å². The van der Waals surface area contributed by atoms with Crippen LogP contribution in [0.15, 0.2) is 48.5 Å². The number of carbonyl (C=O) groups excluding carboxylic acids is 4. The van der Waals surface area contributed by atoms with E-state index in [0.29, 0.717) is 5.56 Å². The summed E-state index contributed by atoms with van der Waals surface area (Å²) >= 11 is 0. The van der Waals surface area contributed by atoms with E-state index in [1.54, 1.807) is 71.0 Å². The number of terminal acetylenes is 1. The van der Waals surface area contributed by atoms with E-state index < -0.39 is 41.6 Å². The standard InChI is InChI=1S/C30H37N3O7/c1-7-33(28(37)23(19-21-14-10-9-11-15-21)32-29(38)40-30(4,5)6)25(22-16-12-13-20(3)26(22)35)27(36)31-18-17-24(34)39-8-2/h1,9-16,23,25,35H,8,17-19H2,2-6H3,(H,31,36)(H,32,38). The molecule has 0 heterocycles. The van der Waals surface area contributed by atoms with Crippen LogP contribution in [-0.2, 0) is 30.3 Å². The van der Waals surface area contributed by atoms with Crippen molar-refractivity contribution in [2.24, 2.45) is 0 Å². The lowest BCUT2D eigenvalue weighted by atomic mass is 9.98. The van der Waals surface area contributed by atoms with Gasteiger partial charge in [-0.2, -0.15) is 0 Å². The number of carbonyl (C=O) groups is 4. The summed E-state index contributed by atoms with van der Waals surface area (Å²) in [5.41, 5.74) is 0.433. The second kappa shape index (κ2) is 14.6. The molecule has 3 amide bonds. The Kier molecular flexibility index (Phi) is 11.6. The third kappa shape index (κ3) is 9.34. The summed E-state index contributed by atoms with van der Waals surface area (Å²) in [5, 5.41) is 16.0. The van der Waals surface area contributed by atoms with Crippen LogP contribution in [0.25, 0.3) is 0 Å². The molecular formula is C30H37N3O7. The van der Waals surface area contributed by atoms with Gasteiger partial charge >= 0.3 is 12.1 Å². The Morgan fingerprint density at radius 3 is 2.35 bits per heavy atom. The predicted octanol–water partition coefficient (Wildman–Crippen LogP) is 3.37. The average Bonchev–Trinajstić information content (AvgIpc) is 2.88. The molecule has 214 valence electrons. The minimum Gasteiger partial charge on any atom is -0.507 e. The van der Waals surface area contributed by atoms with Gasteiger partial charge in [-0.15, -0.1) is 0 Å². The number of aryl methyl sites for hydroxylation is 1. The molecule has 0 saturated heterocycles. The molecule has 0 aliphatic rings. The normalized spacial score (nSPS) is 12.3. The smallest absolute Gasteiger partial charge is 0.408 e. The number of rotatable bonds is 11. The summed E-state index contributed by atoms with van der Waals surface area (Å²) in [6.07, 6.45) is 4.90. The molecule has 10 nitrogen and oxygen atoms in total. The maximum atomic E-state index is 13.9. The lowest BCUT2D eigenvalue weighted by Gasteiger charge is -2.31. The second-order valence-corrected chi connectivity index (χ2v) is 9.99. The van der Waals surface area contributed by atoms with Gasteiger partial charge in [-0.1, -0.05) is 55.0 Å². The highest BCUT2D eigenvalue weighted by Gasteiger charge is 2.37. The number of nitrogens with zero attached hydrogens (tertiary/aromatic N) is 1. The molecule has 2 unspecified atom stereocenters. The minimum atomic E-state index is -1.47. The topological polar surface area (TPSA) is 134 Å². The highest BCUT2D eigenvalue weighted by molar-refractivity contribution is 5.94. The van der Waals surface area contributed by atoms with E-state index in [2.05, 4.69) is 16.7 Å². The third-order valence-corrected chi connectivity index (χ3v) is 5.65. The Hall–Kier alpha value is -4.52. The highest BCUT2D eigenvalue weighted by Crippen LogP contribution is 2.32. The molecule has 0 saturated carbocycles. The van der Waals surface area contributed by atoms with Crippen molar-refractivity contribution in [2.75, 3.05) is 13.2 Å². The van der Waals surface area contributed by atoms with Gasteiger partial charge in [-0.05, 0) is 45.7 Å². The van der Waals surface area contributed by atoms with Crippen LogP contribution >= 0.6 is 0 Å². The van der Waals surface area contributed by atoms with E-state index in [-0.39, 0.29) is 37.3 Å². The lowest BCUT2D eigenvalue weighted by Crippen LogP contribution is -2.52. The number of nitrogens with one attached hydrogen (secondary N) is 2. The number of benzene rings is 2. The lowest BCUT2D eigenvalue weighted by molar-refractivity contribution is -0.143. The molecule has 0 aliphatic heterocycles. The first-order valence-electron chi connectivity index (χ1n) is 12.9. The van der Waals surface area contributed by atoms with Crippen LogP contribution in [0, 0.1) is 19.4 Å². The molecule has 0 radical (unpaired) electrons. The summed E-state index contributed by atoms with van der Waals surface area (Å²) in [6.45, 7) is 8.47. The van der Waals surface area contributed by atoms with Crippen molar-refractivity contribution in [3.05, 3.63) is 65.2 Å². The van der Waals surface area contributed by atoms with E-state index >= 15 is 0 Å². The highest BCUT2D eigenvalue weighted by atomic mass is 16.6. The molecule has 2 atom stereocenters. The maximum absolute atomic E-state index is 13.9. The molecule has 0 spiro atoms. The van der Waals surface area contributed by atoms with Crippen molar-refractivity contribution in [1.29, 1.82) is 0 Å². The van der Waals surface area contributed by atoms with Crippen LogP contribution in [0.1, 0.15) is 56.8 Å². The van der Waals surface area contributed by atoms with Crippen LogP contribution in [-0.4, -0.2) is 58.7 Å². The molecule has 10 heteroatoms. The quantitative estimate of drug-likeness (QED) is 0.221. The second-order valence-electron chi connectivity index (χ2n) is 9.99. The summed E-state index contributed by atoms with van der Waals surface area (Å²) in [5.74, 6) is -2.23. The number of hydrogen-bond acceptors (Lipinski definition) is 7. The molecule has 2 rings (SSSR count). The van der Waals surface area contributed by atoms with Crippen LogP contribution < -0.4 is 10.6 Å². The number of hydrogen-bond donors (Lipinski definition) is 3. The first-order valence-corrected chi connectivity index (χ1v) is 12.9. The molecule has 0 aromatic heterocycles. The summed E-state index contributed by atoms with van der Waals surface area (Å²) in [7, 11) is 0. The number of amides is 3. The summed E-state index contributed by atoms with van der Waals surface area (Å²) in [6, 6.07) is 13.2. The molecule has 40 heavy (non-hydrogen) atoms. The Morgan fingerprint density at radius 1 is 1.07 bits per heavy atom. The Labute approximate surface area is 235 Å². The zero-order chi connectivity index (χ0) is 29.9. The number of ether oxygens (including phenoxy) is 2. The first-order chi connectivity index (χ1) is 18.9. The van der Waals surface area contributed by atoms with Gasteiger partial charge in [-0.25, -0.2) is 4.79 Å². The van der Waals surface area contributed by atoms with Crippen molar-refractivity contribution in [1.82, 2.24) is 15.5 Å². The molecule has 0 aliphatic carbocycles. The molecule has 0 bridgehead atoms. The molecule has 0 fully saturated rings. The zero-order valence-electron chi connectivity index (χ0n) is 23.5. The molecule has 3 N–H and O–H groups in total. The minimum absolute atomic E-state index is 0.0497. The fourth-order valence-electron chi connectivity index (χ4n) is 3.85. The number of esters is 1. The monoisotopic (exact) mass is 551 g/mol.